The van der Waals surface area contributed by atoms with Crippen LogP contribution < -0.4 is 11.3 Å². The summed E-state index contributed by atoms with van der Waals surface area (Å²) >= 11 is 1.61. The van der Waals surface area contributed by atoms with Gasteiger partial charge in [-0.3, -0.25) is 9.69 Å². The summed E-state index contributed by atoms with van der Waals surface area (Å²) in [4.78, 5) is 24.5. The van der Waals surface area contributed by atoms with Crippen molar-refractivity contribution in [3.63, 3.8) is 0 Å². The number of likely N-dealkylation sites (tertiary alicyclic amines) is 1. The molecule has 0 bridgehead atoms. The lowest BCUT2D eigenvalue weighted by Gasteiger charge is -2.35. The molecule has 2 aromatic rings. The van der Waals surface area contributed by atoms with E-state index < -0.39 is 0 Å². The lowest BCUT2D eigenvalue weighted by molar-refractivity contribution is 0.130. The Balaban J connectivity index is 1.88. The van der Waals surface area contributed by atoms with Crippen molar-refractivity contribution < 1.29 is 0 Å². The summed E-state index contributed by atoms with van der Waals surface area (Å²) in [5.41, 5.74) is 6.78. The maximum atomic E-state index is 12.4. The highest BCUT2D eigenvalue weighted by atomic mass is 32.1. The van der Waals surface area contributed by atoms with Gasteiger partial charge in [0.25, 0.3) is 5.56 Å². The summed E-state index contributed by atoms with van der Waals surface area (Å²) in [6.45, 7) is 6.53. The molecule has 1 saturated heterocycles. The predicted molar refractivity (Wildman–Crippen MR) is 91.4 cm³/mol. The highest BCUT2D eigenvalue weighted by Gasteiger charge is 2.23. The third-order valence-corrected chi connectivity index (χ3v) is 5.79. The minimum absolute atomic E-state index is 0.00534. The molecule has 0 saturated carbocycles. The largest absolute Gasteiger partial charge is 0.330 e. The van der Waals surface area contributed by atoms with Crippen molar-refractivity contribution in [2.45, 2.75) is 52.1 Å². The molecule has 0 radical (unpaired) electrons. The number of hydrogen-bond acceptors (Lipinski definition) is 5. The first-order valence-electron chi connectivity index (χ1n) is 8.03. The Morgan fingerprint density at radius 1 is 1.41 bits per heavy atom. The van der Waals surface area contributed by atoms with Gasteiger partial charge in [-0.15, -0.1) is 11.3 Å². The SMILES string of the molecule is Cc1sc2nc(CN3CCCCC3CCN)[nH]c(=O)c2c1C. The number of nitrogens with zero attached hydrogens (tertiary/aromatic N) is 2. The highest BCUT2D eigenvalue weighted by Crippen LogP contribution is 2.26. The van der Waals surface area contributed by atoms with Gasteiger partial charge in [-0.2, -0.15) is 0 Å². The monoisotopic (exact) mass is 320 g/mol. The van der Waals surface area contributed by atoms with Gasteiger partial charge in [0.05, 0.1) is 11.9 Å². The van der Waals surface area contributed by atoms with E-state index in [1.165, 1.54) is 24.1 Å². The maximum Gasteiger partial charge on any atom is 0.259 e. The second-order valence-electron chi connectivity index (χ2n) is 6.17. The molecule has 120 valence electrons. The van der Waals surface area contributed by atoms with Gasteiger partial charge < -0.3 is 10.7 Å². The van der Waals surface area contributed by atoms with Gasteiger partial charge in [0, 0.05) is 10.9 Å². The number of H-pyrrole nitrogens is 1. The summed E-state index contributed by atoms with van der Waals surface area (Å²) in [6.07, 6.45) is 4.70. The van der Waals surface area contributed by atoms with E-state index in [1.807, 2.05) is 13.8 Å². The van der Waals surface area contributed by atoms with E-state index in [-0.39, 0.29) is 5.56 Å². The number of thiophene rings is 1. The number of nitrogens with one attached hydrogen (secondary N) is 1. The fraction of sp³-hybridized carbons (Fsp3) is 0.625. The normalized spacial score (nSPS) is 19.9. The third kappa shape index (κ3) is 2.95. The summed E-state index contributed by atoms with van der Waals surface area (Å²) in [5.74, 6) is 0.780. The molecule has 3 rings (SSSR count). The lowest BCUT2D eigenvalue weighted by atomic mass is 9.99. The van der Waals surface area contributed by atoms with Crippen LogP contribution in [0.25, 0.3) is 10.2 Å². The Labute approximate surface area is 134 Å². The maximum absolute atomic E-state index is 12.4. The van der Waals surface area contributed by atoms with Gasteiger partial charge >= 0.3 is 0 Å². The van der Waals surface area contributed by atoms with Gasteiger partial charge in [-0.05, 0) is 51.8 Å². The molecule has 1 aliphatic heterocycles. The average molecular weight is 320 g/mol. The molecule has 1 unspecified atom stereocenters. The molecular formula is C16H24N4OS. The van der Waals surface area contributed by atoms with E-state index in [4.69, 9.17) is 10.7 Å². The number of hydrogen-bond donors (Lipinski definition) is 2. The van der Waals surface area contributed by atoms with Crippen LogP contribution in [0.15, 0.2) is 4.79 Å². The Morgan fingerprint density at radius 2 is 2.23 bits per heavy atom. The second kappa shape index (κ2) is 6.48. The van der Waals surface area contributed by atoms with E-state index in [9.17, 15) is 4.79 Å². The molecule has 1 atom stereocenters. The quantitative estimate of drug-likeness (QED) is 0.906. The smallest absolute Gasteiger partial charge is 0.259 e. The van der Waals surface area contributed by atoms with Crippen molar-refractivity contribution in [1.29, 1.82) is 0 Å². The zero-order chi connectivity index (χ0) is 15.7. The van der Waals surface area contributed by atoms with Crippen LogP contribution in [-0.2, 0) is 6.54 Å². The van der Waals surface area contributed by atoms with E-state index in [1.54, 1.807) is 11.3 Å². The first-order valence-corrected chi connectivity index (χ1v) is 8.85. The molecule has 1 fully saturated rings. The minimum Gasteiger partial charge on any atom is -0.330 e. The molecule has 1 aliphatic rings. The van der Waals surface area contributed by atoms with Crippen molar-refractivity contribution in [2.24, 2.45) is 5.73 Å². The number of aromatic amines is 1. The number of aryl methyl sites for hydroxylation is 2. The molecule has 3 N–H and O–H groups in total. The van der Waals surface area contributed by atoms with Crippen LogP contribution in [-0.4, -0.2) is 34.0 Å². The molecule has 5 nitrogen and oxygen atoms in total. The van der Waals surface area contributed by atoms with E-state index >= 15 is 0 Å². The Bertz CT molecular complexity index is 719. The molecule has 22 heavy (non-hydrogen) atoms. The molecule has 2 aromatic heterocycles. The first-order chi connectivity index (χ1) is 10.6. The Kier molecular flexibility index (Phi) is 4.61. The van der Waals surface area contributed by atoms with Crippen LogP contribution in [0.1, 0.15) is 41.9 Å². The molecular weight excluding hydrogens is 296 g/mol. The van der Waals surface area contributed by atoms with Crippen LogP contribution >= 0.6 is 11.3 Å². The Hall–Kier alpha value is -1.24. The summed E-state index contributed by atoms with van der Waals surface area (Å²) < 4.78 is 0. The summed E-state index contributed by atoms with van der Waals surface area (Å²) in [5, 5.41) is 0.753. The molecule has 0 aliphatic carbocycles. The zero-order valence-electron chi connectivity index (χ0n) is 13.3. The number of piperidine rings is 1. The van der Waals surface area contributed by atoms with Crippen LogP contribution in [0.2, 0.25) is 0 Å². The average Bonchev–Trinajstić information content (AvgIpc) is 2.77. The van der Waals surface area contributed by atoms with Crippen LogP contribution in [0.4, 0.5) is 0 Å². The van der Waals surface area contributed by atoms with Gasteiger partial charge in [0.1, 0.15) is 10.7 Å². The van der Waals surface area contributed by atoms with Crippen molar-refractivity contribution in [3.05, 3.63) is 26.6 Å². The zero-order valence-corrected chi connectivity index (χ0v) is 14.1. The molecule has 6 heteroatoms. The van der Waals surface area contributed by atoms with Gasteiger partial charge in [-0.25, -0.2) is 4.98 Å². The van der Waals surface area contributed by atoms with Gasteiger partial charge in [-0.1, -0.05) is 6.42 Å². The minimum atomic E-state index is -0.00534. The standard InChI is InChI=1S/C16H24N4OS/c1-10-11(2)22-16-14(10)15(21)18-13(19-16)9-20-8-4-3-5-12(20)6-7-17/h12H,3-9,17H2,1-2H3,(H,18,19,21). The number of aromatic nitrogens is 2. The van der Waals surface area contributed by atoms with Crippen molar-refractivity contribution in [1.82, 2.24) is 14.9 Å². The van der Waals surface area contributed by atoms with Crippen LogP contribution in [0, 0.1) is 13.8 Å². The second-order valence-corrected chi connectivity index (χ2v) is 7.38. The highest BCUT2D eigenvalue weighted by molar-refractivity contribution is 7.18. The van der Waals surface area contributed by atoms with E-state index in [0.29, 0.717) is 19.1 Å². The lowest BCUT2D eigenvalue weighted by Crippen LogP contribution is -2.40. The molecule has 0 aromatic carbocycles. The van der Waals surface area contributed by atoms with E-state index in [2.05, 4.69) is 9.88 Å². The summed E-state index contributed by atoms with van der Waals surface area (Å²) in [7, 11) is 0. The van der Waals surface area contributed by atoms with Crippen LogP contribution in [0.3, 0.4) is 0 Å². The third-order valence-electron chi connectivity index (χ3n) is 4.69. The predicted octanol–water partition coefficient (Wildman–Crippen LogP) is 2.30. The molecule has 3 heterocycles. The topological polar surface area (TPSA) is 75.0 Å². The van der Waals surface area contributed by atoms with E-state index in [0.717, 1.165) is 34.6 Å². The number of fused-ring (bicyclic) bond motifs is 1. The molecule has 0 amide bonds. The summed E-state index contributed by atoms with van der Waals surface area (Å²) in [6, 6.07) is 0.520. The van der Waals surface area contributed by atoms with Gasteiger partial charge in [0.15, 0.2) is 0 Å². The van der Waals surface area contributed by atoms with Crippen molar-refractivity contribution in [3.8, 4) is 0 Å². The fourth-order valence-corrected chi connectivity index (χ4v) is 4.40. The number of nitrogens with two attached hydrogens (primary N) is 1. The Morgan fingerprint density at radius 3 is 3.00 bits per heavy atom. The fourth-order valence-electron chi connectivity index (χ4n) is 3.35. The van der Waals surface area contributed by atoms with Crippen LogP contribution in [0.5, 0.6) is 0 Å². The van der Waals surface area contributed by atoms with Gasteiger partial charge in [0.2, 0.25) is 0 Å². The van der Waals surface area contributed by atoms with Crippen molar-refractivity contribution >= 4 is 21.6 Å². The molecule has 0 spiro atoms. The first kappa shape index (κ1) is 15.6. The number of rotatable bonds is 4. The van der Waals surface area contributed by atoms with Crippen molar-refractivity contribution in [2.75, 3.05) is 13.1 Å².